The molecule has 2 amide bonds. The molecule has 7 rings (SSSR count). The highest BCUT2D eigenvalue weighted by atomic mass is 79.9. The second-order valence-corrected chi connectivity index (χ2v) is 12.6. The largest absolute Gasteiger partial charge is 0.457 e. The first-order valence-electron chi connectivity index (χ1n) is 14.9. The van der Waals surface area contributed by atoms with Crippen molar-refractivity contribution in [3.05, 3.63) is 75.6 Å². The number of nitrogens with zero attached hydrogens (tertiary/aromatic N) is 3. The van der Waals surface area contributed by atoms with E-state index in [2.05, 4.69) is 21.2 Å². The zero-order valence-corrected chi connectivity index (χ0v) is 27.8. The molecule has 1 N–H and O–H groups in total. The fourth-order valence-corrected chi connectivity index (χ4v) is 6.46. The summed E-state index contributed by atoms with van der Waals surface area (Å²) in [5.41, 5.74) is 0.794. The first-order chi connectivity index (χ1) is 22.6. The van der Waals surface area contributed by atoms with Gasteiger partial charge in [0, 0.05) is 43.5 Å². The van der Waals surface area contributed by atoms with E-state index in [1.807, 2.05) is 29.2 Å². The minimum absolute atomic E-state index is 0.0696. The number of nitrogens with one attached hydrogen (secondary N) is 1. The van der Waals surface area contributed by atoms with Crippen LogP contribution in [0.25, 0.3) is 0 Å². The number of non-ortho nitro benzene ring substituents is 1. The molecule has 3 fully saturated rings. The molecule has 47 heavy (non-hydrogen) atoms. The van der Waals surface area contributed by atoms with Gasteiger partial charge in [0.05, 0.1) is 30.4 Å². The van der Waals surface area contributed by atoms with Gasteiger partial charge in [-0.2, -0.15) is 0 Å². The number of carbonyl (C=O) groups is 4. The molecule has 16 heteroatoms. The Morgan fingerprint density at radius 1 is 1.09 bits per heavy atom. The number of esters is 1. The van der Waals surface area contributed by atoms with E-state index in [9.17, 15) is 29.3 Å². The number of nitro benzene ring substituents is 1. The van der Waals surface area contributed by atoms with Gasteiger partial charge in [0.2, 0.25) is 5.91 Å². The average Bonchev–Trinajstić information content (AvgIpc) is 3.90. The number of rotatable bonds is 11. The maximum absolute atomic E-state index is 13.6. The molecule has 0 radical (unpaired) electrons. The minimum Gasteiger partial charge on any atom is -0.457 e. The molecule has 2 unspecified atom stereocenters. The number of amides is 2. The van der Waals surface area contributed by atoms with E-state index in [-0.39, 0.29) is 29.9 Å². The van der Waals surface area contributed by atoms with Crippen molar-refractivity contribution in [2.24, 2.45) is 5.92 Å². The van der Waals surface area contributed by atoms with Crippen molar-refractivity contribution < 1.29 is 43.0 Å². The Hall–Kier alpha value is -4.15. The Morgan fingerprint density at radius 2 is 1.74 bits per heavy atom. The van der Waals surface area contributed by atoms with E-state index in [0.29, 0.717) is 43.5 Å². The molecule has 1 aliphatic carbocycles. The standard InChI is InChI=1S/C25H29BrN4O9S.C6H4O/c1-15(31)27-20-22(32)29(23(20)40-25(34)39-14-16-2-3-16)21(19(12-26)28-8-10-37-11-9-28)24(33)38-13-17-4-6-18(7-5-17)30(35)36;1-2-5-4-6(3-1)7-5/h4-7,16,20,23H,2-3,8-14H2,1H3,(H,27,31);1-4H. The van der Waals surface area contributed by atoms with Crippen LogP contribution in [0.4, 0.5) is 10.5 Å². The zero-order chi connectivity index (χ0) is 33.5. The molecule has 2 bridgehead atoms. The number of halogens is 1. The Kier molecular flexibility index (Phi) is 11.4. The van der Waals surface area contributed by atoms with E-state index in [1.54, 1.807) is 0 Å². The molecule has 4 aliphatic heterocycles. The van der Waals surface area contributed by atoms with Gasteiger partial charge in [0.15, 0.2) is 5.70 Å². The number of thioether (sulfide) groups is 1. The lowest BCUT2D eigenvalue weighted by atomic mass is 10.0. The monoisotopic (exact) mass is 732 g/mol. The molecule has 250 valence electrons. The minimum atomic E-state index is -1.05. The Labute approximate surface area is 283 Å². The van der Waals surface area contributed by atoms with Crippen molar-refractivity contribution in [3.63, 3.8) is 0 Å². The van der Waals surface area contributed by atoms with E-state index >= 15 is 0 Å². The lowest BCUT2D eigenvalue weighted by molar-refractivity contribution is -0.384. The molecule has 2 aromatic rings. The van der Waals surface area contributed by atoms with Crippen molar-refractivity contribution in [1.82, 2.24) is 15.1 Å². The van der Waals surface area contributed by atoms with Crippen LogP contribution in [-0.4, -0.2) is 87.5 Å². The van der Waals surface area contributed by atoms with Gasteiger partial charge in [0.1, 0.15) is 29.5 Å². The number of hydrogen-bond acceptors (Lipinski definition) is 12. The number of benzene rings is 2. The van der Waals surface area contributed by atoms with Gasteiger partial charge in [0.25, 0.3) is 11.6 Å². The van der Waals surface area contributed by atoms with Crippen molar-refractivity contribution in [3.8, 4) is 11.5 Å². The third-order valence-electron chi connectivity index (χ3n) is 7.54. The highest BCUT2D eigenvalue weighted by Gasteiger charge is 2.54. The third-order valence-corrected chi connectivity index (χ3v) is 9.10. The van der Waals surface area contributed by atoms with Gasteiger partial charge in [-0.15, -0.1) is 0 Å². The van der Waals surface area contributed by atoms with Crippen LogP contribution in [0.3, 0.4) is 0 Å². The molecule has 2 atom stereocenters. The van der Waals surface area contributed by atoms with E-state index < -0.39 is 39.4 Å². The maximum Gasteiger partial charge on any atom is 0.369 e. The first kappa shape index (κ1) is 34.2. The zero-order valence-electron chi connectivity index (χ0n) is 25.4. The van der Waals surface area contributed by atoms with Crippen LogP contribution < -0.4 is 10.1 Å². The van der Waals surface area contributed by atoms with Crippen molar-refractivity contribution in [2.45, 2.75) is 37.8 Å². The molecular formula is C31H33BrN4O10S. The summed E-state index contributed by atoms with van der Waals surface area (Å²) in [6.45, 7) is 3.06. The number of carbonyl (C=O) groups excluding carboxylic acids is 4. The van der Waals surface area contributed by atoms with Gasteiger partial charge < -0.3 is 29.2 Å². The number of ether oxygens (including phenoxy) is 4. The van der Waals surface area contributed by atoms with Crippen LogP contribution >= 0.6 is 27.7 Å². The van der Waals surface area contributed by atoms with E-state index in [1.165, 1.54) is 36.1 Å². The summed E-state index contributed by atoms with van der Waals surface area (Å²) >= 11 is 4.16. The lowest BCUT2D eigenvalue weighted by Gasteiger charge is -2.47. The molecule has 0 spiro atoms. The molecule has 0 aromatic heterocycles. The third kappa shape index (κ3) is 8.81. The fraction of sp³-hybridized carbons (Fsp3) is 0.419. The first-order valence-corrected chi connectivity index (χ1v) is 16.9. The number of morpholine rings is 1. The Bertz CT molecular complexity index is 1520. The van der Waals surface area contributed by atoms with Crippen molar-refractivity contribution >= 4 is 56.5 Å². The molecule has 2 saturated heterocycles. The fourth-order valence-electron chi connectivity index (χ4n) is 4.87. The quantitative estimate of drug-likeness (QED) is 0.0742. The molecule has 5 aliphatic rings. The topological polar surface area (TPSA) is 167 Å². The van der Waals surface area contributed by atoms with Crippen molar-refractivity contribution in [2.75, 3.05) is 38.2 Å². The van der Waals surface area contributed by atoms with Gasteiger partial charge in [-0.1, -0.05) is 22.0 Å². The SMILES string of the molecule is CC(=O)NC1C(=O)N(C(C(=O)OCc2ccc([N+](=O)[O-])cc2)=C(CBr)N2CCOCC2)C1SC(=O)OCC1CC1.c1cc2cc(c1)O2. The summed E-state index contributed by atoms with van der Waals surface area (Å²) < 4.78 is 21.4. The average molecular weight is 734 g/mol. The van der Waals surface area contributed by atoms with Crippen LogP contribution in [-0.2, 0) is 35.2 Å². The highest BCUT2D eigenvalue weighted by molar-refractivity contribution is 9.09. The summed E-state index contributed by atoms with van der Waals surface area (Å²) in [4.78, 5) is 65.0. The van der Waals surface area contributed by atoms with Crippen LogP contribution in [0.15, 0.2) is 59.9 Å². The Morgan fingerprint density at radius 3 is 2.26 bits per heavy atom. The number of hydrogen-bond donors (Lipinski definition) is 1. The van der Waals surface area contributed by atoms with Crippen LogP contribution in [0.2, 0.25) is 0 Å². The highest BCUT2D eigenvalue weighted by Crippen LogP contribution is 2.38. The van der Waals surface area contributed by atoms with Gasteiger partial charge in [-0.25, -0.2) is 9.59 Å². The number of β-lactam (4-membered cyclic amide) rings is 1. The van der Waals surface area contributed by atoms with Crippen molar-refractivity contribution in [1.29, 1.82) is 0 Å². The number of likely N-dealkylation sites (tertiary alicyclic amines) is 1. The van der Waals surface area contributed by atoms with Crippen LogP contribution in [0.5, 0.6) is 11.5 Å². The second-order valence-electron chi connectivity index (χ2n) is 11.0. The summed E-state index contributed by atoms with van der Waals surface area (Å²) in [5, 5.41) is 12.1. The summed E-state index contributed by atoms with van der Waals surface area (Å²) in [6.07, 6.45) is 1.98. The maximum atomic E-state index is 13.6. The Balaban J connectivity index is 0.000000539. The molecule has 2 aromatic carbocycles. The number of allylic oxidation sites excluding steroid dienone is 1. The smallest absolute Gasteiger partial charge is 0.369 e. The van der Waals surface area contributed by atoms with E-state index in [4.69, 9.17) is 18.9 Å². The van der Waals surface area contributed by atoms with Crippen LogP contribution in [0.1, 0.15) is 25.3 Å². The molecule has 1 saturated carbocycles. The van der Waals surface area contributed by atoms with Crippen LogP contribution in [0, 0.1) is 16.0 Å². The molecular weight excluding hydrogens is 700 g/mol. The van der Waals surface area contributed by atoms with Gasteiger partial charge in [-0.05, 0) is 60.4 Å². The van der Waals surface area contributed by atoms with Gasteiger partial charge >= 0.3 is 11.3 Å². The number of fused-ring (bicyclic) bond motifs is 2. The van der Waals surface area contributed by atoms with Gasteiger partial charge in [-0.3, -0.25) is 24.6 Å². The summed E-state index contributed by atoms with van der Waals surface area (Å²) in [5.74, 6) is 0.439. The molecule has 4 heterocycles. The molecule has 14 nitrogen and oxygen atoms in total. The predicted molar refractivity (Wildman–Crippen MR) is 173 cm³/mol. The summed E-state index contributed by atoms with van der Waals surface area (Å²) in [6, 6.07) is 12.3. The number of alkyl halides is 1. The predicted octanol–water partition coefficient (Wildman–Crippen LogP) is 4.32. The lowest BCUT2D eigenvalue weighted by Crippen LogP contribution is -2.70. The number of nitro groups is 1. The normalized spacial score (nSPS) is 19.8. The second kappa shape index (κ2) is 15.6. The van der Waals surface area contributed by atoms with E-state index in [0.717, 1.165) is 36.1 Å². The summed E-state index contributed by atoms with van der Waals surface area (Å²) in [7, 11) is 0.